The quantitative estimate of drug-likeness (QED) is 0.248. The van der Waals surface area contributed by atoms with E-state index in [1.807, 2.05) is 50.2 Å². The van der Waals surface area contributed by atoms with Crippen molar-refractivity contribution in [2.24, 2.45) is 5.92 Å². The summed E-state index contributed by atoms with van der Waals surface area (Å²) in [6.45, 7) is 3.90. The summed E-state index contributed by atoms with van der Waals surface area (Å²) in [4.78, 5) is 68.2. The zero-order valence-electron chi connectivity index (χ0n) is 26.5. The third-order valence-corrected chi connectivity index (χ3v) is 7.83. The van der Waals surface area contributed by atoms with Crippen LogP contribution < -0.4 is 16.0 Å². The van der Waals surface area contributed by atoms with Crippen molar-refractivity contribution in [3.8, 4) is 11.4 Å². The molecule has 0 aliphatic carbocycles. The van der Waals surface area contributed by atoms with E-state index in [1.165, 1.54) is 11.1 Å². The lowest BCUT2D eigenvalue weighted by atomic mass is 10.0. The SMILES string of the molecule is CC(C)[C@H]1NC(=O)c2cncc(c2)CCCNC(=O)CN(C(=O)Cc2nc(-c3cccnc3)n[nH]2)C[C@@H](Cc2ccccc2)NC1=O. The average molecular weight is 638 g/mol. The van der Waals surface area contributed by atoms with Gasteiger partial charge in [-0.05, 0) is 54.5 Å². The molecule has 4 N–H and O–H groups in total. The third kappa shape index (κ3) is 9.28. The third-order valence-electron chi connectivity index (χ3n) is 7.83. The molecule has 3 aromatic heterocycles. The predicted octanol–water partition coefficient (Wildman–Crippen LogP) is 1.88. The van der Waals surface area contributed by atoms with Gasteiger partial charge < -0.3 is 20.9 Å². The van der Waals surface area contributed by atoms with Crippen LogP contribution in [0.5, 0.6) is 0 Å². The smallest absolute Gasteiger partial charge is 0.253 e. The minimum absolute atomic E-state index is 0.0416. The van der Waals surface area contributed by atoms with Crippen LogP contribution in [0.3, 0.4) is 0 Å². The molecule has 4 aromatic rings. The van der Waals surface area contributed by atoms with Crippen LogP contribution in [0.25, 0.3) is 11.4 Å². The summed E-state index contributed by atoms with van der Waals surface area (Å²) in [6, 6.07) is 13.5. The molecule has 2 atom stereocenters. The maximum atomic E-state index is 13.8. The van der Waals surface area contributed by atoms with Gasteiger partial charge in [0.25, 0.3) is 5.91 Å². The maximum Gasteiger partial charge on any atom is 0.253 e. The highest BCUT2D eigenvalue weighted by atomic mass is 16.2. The lowest BCUT2D eigenvalue weighted by molar-refractivity contribution is -0.136. The molecule has 4 heterocycles. The number of carbonyl (C=O) groups excluding carboxylic acids is 4. The van der Waals surface area contributed by atoms with Gasteiger partial charge >= 0.3 is 0 Å². The van der Waals surface area contributed by atoms with Crippen molar-refractivity contribution in [1.29, 1.82) is 0 Å². The number of aryl methyl sites for hydroxylation is 1. The number of benzene rings is 1. The molecule has 2 bridgehead atoms. The number of pyridine rings is 2. The van der Waals surface area contributed by atoms with E-state index in [4.69, 9.17) is 0 Å². The first-order chi connectivity index (χ1) is 22.7. The van der Waals surface area contributed by atoms with Crippen LogP contribution >= 0.6 is 0 Å². The number of amides is 4. The van der Waals surface area contributed by atoms with Gasteiger partial charge in [0.1, 0.15) is 11.9 Å². The van der Waals surface area contributed by atoms with E-state index in [0.717, 1.165) is 11.1 Å². The van der Waals surface area contributed by atoms with E-state index in [1.54, 1.807) is 30.7 Å². The molecule has 1 aliphatic heterocycles. The van der Waals surface area contributed by atoms with Crippen molar-refractivity contribution in [3.63, 3.8) is 0 Å². The number of H-pyrrole nitrogens is 1. The summed E-state index contributed by atoms with van der Waals surface area (Å²) < 4.78 is 0. The minimum Gasteiger partial charge on any atom is -0.355 e. The Morgan fingerprint density at radius 1 is 0.979 bits per heavy atom. The van der Waals surface area contributed by atoms with Gasteiger partial charge in [-0.3, -0.25) is 34.2 Å². The second-order valence-electron chi connectivity index (χ2n) is 11.9. The number of nitrogens with one attached hydrogen (secondary N) is 4. The summed E-state index contributed by atoms with van der Waals surface area (Å²) in [5, 5.41) is 15.9. The second-order valence-corrected chi connectivity index (χ2v) is 11.9. The molecule has 0 fully saturated rings. The Kier molecular flexibility index (Phi) is 11.0. The molecule has 47 heavy (non-hydrogen) atoms. The molecule has 0 saturated heterocycles. The fraction of sp³-hybridized carbons (Fsp3) is 0.353. The van der Waals surface area contributed by atoms with E-state index in [0.29, 0.717) is 48.6 Å². The Morgan fingerprint density at radius 3 is 2.55 bits per heavy atom. The molecule has 1 aliphatic rings. The molecule has 0 radical (unpaired) electrons. The molecule has 13 nitrogen and oxygen atoms in total. The summed E-state index contributed by atoms with van der Waals surface area (Å²) in [7, 11) is 0. The Hall–Kier alpha value is -5.46. The van der Waals surface area contributed by atoms with Gasteiger partial charge in [0, 0.05) is 43.4 Å². The van der Waals surface area contributed by atoms with Crippen molar-refractivity contribution in [3.05, 3.63) is 95.8 Å². The van der Waals surface area contributed by atoms with Gasteiger partial charge in [-0.2, -0.15) is 5.10 Å². The highest BCUT2D eigenvalue weighted by Crippen LogP contribution is 2.14. The molecule has 1 aromatic carbocycles. The van der Waals surface area contributed by atoms with E-state index < -0.39 is 23.9 Å². The molecule has 13 heteroatoms. The lowest BCUT2D eigenvalue weighted by Crippen LogP contribution is -2.56. The fourth-order valence-electron chi connectivity index (χ4n) is 5.38. The van der Waals surface area contributed by atoms with E-state index in [-0.39, 0.29) is 37.2 Å². The Balaban J connectivity index is 1.42. The van der Waals surface area contributed by atoms with Crippen LogP contribution in [0.1, 0.15) is 47.6 Å². The van der Waals surface area contributed by atoms with Gasteiger partial charge in [-0.15, -0.1) is 0 Å². The van der Waals surface area contributed by atoms with Gasteiger partial charge in [0.05, 0.1) is 24.6 Å². The van der Waals surface area contributed by atoms with Crippen molar-refractivity contribution in [2.75, 3.05) is 19.6 Å². The number of carbonyl (C=O) groups is 4. The Morgan fingerprint density at radius 2 is 1.79 bits per heavy atom. The van der Waals surface area contributed by atoms with Gasteiger partial charge in [0.2, 0.25) is 17.7 Å². The number of nitrogens with zero attached hydrogens (tertiary/aromatic N) is 5. The first kappa shape index (κ1) is 32.9. The maximum absolute atomic E-state index is 13.8. The van der Waals surface area contributed by atoms with Crippen LogP contribution in [0.4, 0.5) is 0 Å². The number of aromatic nitrogens is 5. The van der Waals surface area contributed by atoms with Crippen molar-refractivity contribution >= 4 is 23.6 Å². The molecule has 5 rings (SSSR count). The first-order valence-electron chi connectivity index (χ1n) is 15.7. The van der Waals surface area contributed by atoms with Crippen LogP contribution in [-0.2, 0) is 33.6 Å². The monoisotopic (exact) mass is 637 g/mol. The lowest BCUT2D eigenvalue weighted by Gasteiger charge is -2.30. The van der Waals surface area contributed by atoms with Crippen molar-refractivity contribution in [2.45, 2.75) is 51.6 Å². The van der Waals surface area contributed by atoms with E-state index in [2.05, 4.69) is 41.1 Å². The molecule has 0 spiro atoms. The van der Waals surface area contributed by atoms with Crippen LogP contribution in [0.15, 0.2) is 73.3 Å². The number of hydrogen-bond donors (Lipinski definition) is 4. The van der Waals surface area contributed by atoms with Crippen LogP contribution in [-0.4, -0.2) is 85.4 Å². The molecule has 244 valence electrons. The summed E-state index contributed by atoms with van der Waals surface area (Å²) in [6.07, 6.45) is 7.85. The number of hydrogen-bond acceptors (Lipinski definition) is 8. The van der Waals surface area contributed by atoms with Crippen molar-refractivity contribution in [1.82, 2.24) is 46.0 Å². The highest BCUT2D eigenvalue weighted by Gasteiger charge is 2.29. The topological polar surface area (TPSA) is 175 Å². The molecule has 0 saturated carbocycles. The number of rotatable bonds is 6. The molecular formula is C34H39N9O4. The molecule has 0 unspecified atom stereocenters. The zero-order valence-corrected chi connectivity index (χ0v) is 26.5. The predicted molar refractivity (Wildman–Crippen MR) is 174 cm³/mol. The largest absolute Gasteiger partial charge is 0.355 e. The van der Waals surface area contributed by atoms with E-state index in [9.17, 15) is 19.2 Å². The number of fused-ring (bicyclic) bond motifs is 2. The number of aromatic amines is 1. The normalized spacial score (nSPS) is 18.2. The van der Waals surface area contributed by atoms with E-state index >= 15 is 0 Å². The summed E-state index contributed by atoms with van der Waals surface area (Å²) in [5.41, 5.74) is 2.82. The van der Waals surface area contributed by atoms with Crippen LogP contribution in [0.2, 0.25) is 0 Å². The highest BCUT2D eigenvalue weighted by molar-refractivity contribution is 5.97. The summed E-state index contributed by atoms with van der Waals surface area (Å²) in [5.74, 6) is -0.993. The Labute approximate surface area is 273 Å². The van der Waals surface area contributed by atoms with Crippen molar-refractivity contribution < 1.29 is 19.2 Å². The summed E-state index contributed by atoms with van der Waals surface area (Å²) >= 11 is 0. The first-order valence-corrected chi connectivity index (χ1v) is 15.7. The second kappa shape index (κ2) is 15.7. The van der Waals surface area contributed by atoms with Gasteiger partial charge in [-0.1, -0.05) is 44.2 Å². The minimum atomic E-state index is -0.854. The van der Waals surface area contributed by atoms with Crippen LogP contribution in [0, 0.1) is 5.92 Å². The molecular weight excluding hydrogens is 598 g/mol. The van der Waals surface area contributed by atoms with Gasteiger partial charge in [-0.25, -0.2) is 4.98 Å². The standard InChI is InChI=1S/C34H39N9O4/c1-22(2)31-34(47)38-27(15-23-8-4-3-5-9-23)20-43(30(45)16-28-39-32(42-41-28)25-11-7-12-35-18-25)21-29(44)37-13-6-10-24-14-26(19-36-17-24)33(46)40-31/h3-5,7-9,11-12,14,17-19,22,27,31H,6,10,13,15-16,20-21H2,1-2H3,(H,37,44)(H,38,47)(H,40,46)(H,39,41,42)/t27-,31-/m1/s1. The zero-order chi connectivity index (χ0) is 33.2. The molecule has 4 amide bonds. The van der Waals surface area contributed by atoms with Gasteiger partial charge in [0.15, 0.2) is 5.82 Å². The fourth-order valence-corrected chi connectivity index (χ4v) is 5.38. The Bertz CT molecular complexity index is 1680. The average Bonchev–Trinajstić information content (AvgIpc) is 3.54.